The van der Waals surface area contributed by atoms with Crippen LogP contribution in [0.3, 0.4) is 0 Å². The molecular weight excluding hydrogens is 204 g/mol. The molecule has 16 heavy (non-hydrogen) atoms. The van der Waals surface area contributed by atoms with Crippen LogP contribution in [-0.2, 0) is 11.2 Å². The van der Waals surface area contributed by atoms with Crippen LogP contribution in [0.15, 0.2) is 24.5 Å². The van der Waals surface area contributed by atoms with Crippen molar-refractivity contribution in [2.45, 2.75) is 32.2 Å². The summed E-state index contributed by atoms with van der Waals surface area (Å²) in [4.78, 5) is 15.0. The van der Waals surface area contributed by atoms with E-state index in [4.69, 9.17) is 5.11 Å². The summed E-state index contributed by atoms with van der Waals surface area (Å²) in [6.07, 6.45) is 4.88. The van der Waals surface area contributed by atoms with Crippen molar-refractivity contribution in [3.63, 3.8) is 0 Å². The van der Waals surface area contributed by atoms with Crippen LogP contribution in [0, 0.1) is 0 Å². The van der Waals surface area contributed by atoms with Crippen LogP contribution in [-0.4, -0.2) is 28.1 Å². The molecule has 0 saturated heterocycles. The van der Waals surface area contributed by atoms with Gasteiger partial charge in [-0.1, -0.05) is 13.0 Å². The number of hydrogen-bond acceptors (Lipinski definition) is 3. The van der Waals surface area contributed by atoms with Crippen molar-refractivity contribution in [3.05, 3.63) is 30.1 Å². The van der Waals surface area contributed by atoms with Crippen LogP contribution in [0.4, 0.5) is 0 Å². The molecule has 1 rings (SSSR count). The van der Waals surface area contributed by atoms with Gasteiger partial charge in [-0.15, -0.1) is 0 Å². The van der Waals surface area contributed by atoms with Gasteiger partial charge in [0.2, 0.25) is 0 Å². The highest BCUT2D eigenvalue weighted by Crippen LogP contribution is 2.09. The third-order valence-corrected chi connectivity index (χ3v) is 2.83. The van der Waals surface area contributed by atoms with Crippen LogP contribution in [0.1, 0.15) is 25.8 Å². The SMILES string of the molecule is CCC(C)(NCCc1cccnc1)C(=O)O. The van der Waals surface area contributed by atoms with Gasteiger partial charge < -0.3 is 10.4 Å². The highest BCUT2D eigenvalue weighted by molar-refractivity contribution is 5.78. The average Bonchev–Trinajstić information content (AvgIpc) is 2.30. The van der Waals surface area contributed by atoms with Gasteiger partial charge in [0.1, 0.15) is 5.54 Å². The second-order valence-corrected chi connectivity index (χ2v) is 4.03. The van der Waals surface area contributed by atoms with Crippen molar-refractivity contribution in [1.82, 2.24) is 10.3 Å². The quantitative estimate of drug-likeness (QED) is 0.765. The van der Waals surface area contributed by atoms with Crippen molar-refractivity contribution in [1.29, 1.82) is 0 Å². The fraction of sp³-hybridized carbons (Fsp3) is 0.500. The van der Waals surface area contributed by atoms with Crippen molar-refractivity contribution < 1.29 is 9.90 Å². The van der Waals surface area contributed by atoms with Gasteiger partial charge in [-0.3, -0.25) is 9.78 Å². The monoisotopic (exact) mass is 222 g/mol. The molecule has 0 radical (unpaired) electrons. The first-order valence-electron chi connectivity index (χ1n) is 5.46. The minimum Gasteiger partial charge on any atom is -0.480 e. The van der Waals surface area contributed by atoms with E-state index in [1.165, 1.54) is 0 Å². The van der Waals surface area contributed by atoms with E-state index in [1.807, 2.05) is 19.1 Å². The molecule has 0 fully saturated rings. The van der Waals surface area contributed by atoms with Gasteiger partial charge in [0, 0.05) is 18.9 Å². The summed E-state index contributed by atoms with van der Waals surface area (Å²) >= 11 is 0. The minimum absolute atomic E-state index is 0.565. The molecule has 1 atom stereocenters. The van der Waals surface area contributed by atoms with Gasteiger partial charge >= 0.3 is 5.97 Å². The zero-order valence-electron chi connectivity index (χ0n) is 9.73. The molecule has 0 aliphatic rings. The maximum absolute atomic E-state index is 11.0. The fourth-order valence-electron chi connectivity index (χ4n) is 1.38. The van der Waals surface area contributed by atoms with Gasteiger partial charge in [0.15, 0.2) is 0 Å². The molecule has 0 aromatic carbocycles. The zero-order valence-corrected chi connectivity index (χ0v) is 9.73. The molecular formula is C12H18N2O2. The first-order valence-corrected chi connectivity index (χ1v) is 5.46. The lowest BCUT2D eigenvalue weighted by Crippen LogP contribution is -2.49. The third kappa shape index (κ3) is 3.31. The molecule has 0 saturated carbocycles. The Morgan fingerprint density at radius 3 is 2.88 bits per heavy atom. The van der Waals surface area contributed by atoms with Crippen LogP contribution in [0.25, 0.3) is 0 Å². The number of hydrogen-bond donors (Lipinski definition) is 2. The highest BCUT2D eigenvalue weighted by Gasteiger charge is 2.29. The summed E-state index contributed by atoms with van der Waals surface area (Å²) in [7, 11) is 0. The molecule has 1 unspecified atom stereocenters. The molecule has 4 heteroatoms. The summed E-state index contributed by atoms with van der Waals surface area (Å²) in [6, 6.07) is 3.87. The Bertz CT molecular complexity index is 340. The summed E-state index contributed by atoms with van der Waals surface area (Å²) in [5, 5.41) is 12.1. The lowest BCUT2D eigenvalue weighted by atomic mass is 9.99. The largest absolute Gasteiger partial charge is 0.480 e. The Hall–Kier alpha value is -1.42. The zero-order chi connectivity index (χ0) is 12.0. The molecule has 0 bridgehead atoms. The molecule has 1 aromatic heterocycles. The number of aliphatic carboxylic acids is 1. The number of carboxylic acid groups (broad SMARTS) is 1. The van der Waals surface area contributed by atoms with Crippen molar-refractivity contribution in [2.75, 3.05) is 6.54 Å². The van der Waals surface area contributed by atoms with Gasteiger partial charge in [-0.05, 0) is 31.4 Å². The minimum atomic E-state index is -0.831. The number of rotatable bonds is 6. The standard InChI is InChI=1S/C12H18N2O2/c1-3-12(2,11(15)16)14-8-6-10-5-4-7-13-9-10/h4-5,7,9,14H,3,6,8H2,1-2H3,(H,15,16). The van der Waals surface area contributed by atoms with E-state index in [2.05, 4.69) is 10.3 Å². The molecule has 0 aliphatic heterocycles. The van der Waals surface area contributed by atoms with Gasteiger partial charge in [0.25, 0.3) is 0 Å². The lowest BCUT2D eigenvalue weighted by Gasteiger charge is -2.24. The van der Waals surface area contributed by atoms with Crippen molar-refractivity contribution >= 4 is 5.97 Å². The summed E-state index contributed by atoms with van der Waals surface area (Å²) in [5.41, 5.74) is 0.279. The Morgan fingerprint density at radius 2 is 2.38 bits per heavy atom. The number of pyridine rings is 1. The van der Waals surface area contributed by atoms with Crippen molar-refractivity contribution in [3.8, 4) is 0 Å². The Morgan fingerprint density at radius 1 is 1.62 bits per heavy atom. The van der Waals surface area contributed by atoms with E-state index < -0.39 is 11.5 Å². The third-order valence-electron chi connectivity index (χ3n) is 2.83. The summed E-state index contributed by atoms with van der Waals surface area (Å²) in [6.45, 7) is 4.21. The number of carbonyl (C=O) groups is 1. The Kier molecular flexibility index (Phi) is 4.43. The first-order chi connectivity index (χ1) is 7.58. The van der Waals surface area contributed by atoms with Crippen LogP contribution < -0.4 is 5.32 Å². The second kappa shape index (κ2) is 5.61. The molecule has 4 nitrogen and oxygen atoms in total. The fourth-order valence-corrected chi connectivity index (χ4v) is 1.38. The smallest absolute Gasteiger partial charge is 0.323 e. The van der Waals surface area contributed by atoms with E-state index in [1.54, 1.807) is 19.3 Å². The topological polar surface area (TPSA) is 62.2 Å². The molecule has 0 aliphatic carbocycles. The van der Waals surface area contributed by atoms with E-state index in [9.17, 15) is 4.79 Å². The van der Waals surface area contributed by atoms with Crippen LogP contribution >= 0.6 is 0 Å². The molecule has 0 amide bonds. The van der Waals surface area contributed by atoms with E-state index in [-0.39, 0.29) is 0 Å². The predicted octanol–water partition coefficient (Wildman–Crippen LogP) is 1.47. The van der Waals surface area contributed by atoms with Gasteiger partial charge in [-0.25, -0.2) is 0 Å². The van der Waals surface area contributed by atoms with E-state index in [0.29, 0.717) is 13.0 Å². The average molecular weight is 222 g/mol. The maximum Gasteiger partial charge on any atom is 0.323 e. The van der Waals surface area contributed by atoms with E-state index in [0.717, 1.165) is 12.0 Å². The number of aromatic nitrogens is 1. The highest BCUT2D eigenvalue weighted by atomic mass is 16.4. The number of nitrogens with one attached hydrogen (secondary N) is 1. The second-order valence-electron chi connectivity index (χ2n) is 4.03. The normalized spacial score (nSPS) is 14.4. The molecule has 1 aromatic rings. The lowest BCUT2D eigenvalue weighted by molar-refractivity contribution is -0.144. The maximum atomic E-state index is 11.0. The molecule has 2 N–H and O–H groups in total. The number of nitrogens with zero attached hydrogens (tertiary/aromatic N) is 1. The molecule has 88 valence electrons. The predicted molar refractivity (Wildman–Crippen MR) is 62.3 cm³/mol. The van der Waals surface area contributed by atoms with E-state index >= 15 is 0 Å². The first kappa shape index (κ1) is 12.6. The van der Waals surface area contributed by atoms with Gasteiger partial charge in [0.05, 0.1) is 0 Å². The van der Waals surface area contributed by atoms with Crippen molar-refractivity contribution in [2.24, 2.45) is 0 Å². The Labute approximate surface area is 95.7 Å². The van der Waals surface area contributed by atoms with Gasteiger partial charge in [-0.2, -0.15) is 0 Å². The molecule has 1 heterocycles. The summed E-state index contributed by atoms with van der Waals surface area (Å²) in [5.74, 6) is -0.804. The van der Waals surface area contributed by atoms with Crippen LogP contribution in [0.2, 0.25) is 0 Å². The van der Waals surface area contributed by atoms with Crippen LogP contribution in [0.5, 0.6) is 0 Å². The molecule has 0 spiro atoms. The Balaban J connectivity index is 2.43. The summed E-state index contributed by atoms with van der Waals surface area (Å²) < 4.78 is 0. The number of carboxylic acids is 1.